The van der Waals surface area contributed by atoms with Crippen molar-refractivity contribution < 1.29 is 23.5 Å². The Labute approximate surface area is 170 Å². The van der Waals surface area contributed by atoms with Crippen molar-refractivity contribution in [2.45, 2.75) is 12.8 Å². The van der Waals surface area contributed by atoms with Gasteiger partial charge in [-0.1, -0.05) is 11.3 Å². The van der Waals surface area contributed by atoms with Gasteiger partial charge >= 0.3 is 0 Å². The van der Waals surface area contributed by atoms with Crippen molar-refractivity contribution in [2.24, 2.45) is 5.92 Å². The maximum Gasteiger partial charge on any atom is 0.257 e. The summed E-state index contributed by atoms with van der Waals surface area (Å²) in [6.07, 6.45) is 4.42. The van der Waals surface area contributed by atoms with Crippen LogP contribution >= 0.6 is 11.3 Å². The lowest BCUT2D eigenvalue weighted by atomic mass is 9.97. The van der Waals surface area contributed by atoms with Gasteiger partial charge in [0.05, 0.1) is 28.0 Å². The van der Waals surface area contributed by atoms with E-state index >= 15 is 0 Å². The second-order valence-corrected chi connectivity index (χ2v) is 8.10. The van der Waals surface area contributed by atoms with Crippen LogP contribution in [0.4, 0.5) is 5.13 Å². The van der Waals surface area contributed by atoms with Crippen molar-refractivity contribution in [3.8, 4) is 11.5 Å². The molecule has 0 spiro atoms. The van der Waals surface area contributed by atoms with Gasteiger partial charge in [0.2, 0.25) is 5.91 Å². The molecule has 2 aromatic heterocycles. The van der Waals surface area contributed by atoms with Crippen LogP contribution in [0.15, 0.2) is 35.1 Å². The van der Waals surface area contributed by atoms with Crippen molar-refractivity contribution in [3.05, 3.63) is 36.3 Å². The van der Waals surface area contributed by atoms with E-state index < -0.39 is 0 Å². The quantitative estimate of drug-likeness (QED) is 0.709. The fraction of sp³-hybridized carbons (Fsp3) is 0.350. The van der Waals surface area contributed by atoms with Gasteiger partial charge in [-0.2, -0.15) is 0 Å². The summed E-state index contributed by atoms with van der Waals surface area (Å²) in [6.45, 7) is 2.07. The highest BCUT2D eigenvalue weighted by molar-refractivity contribution is 7.22. The number of aromatic nitrogens is 1. The van der Waals surface area contributed by atoms with Crippen molar-refractivity contribution >= 4 is 38.5 Å². The molecular weight excluding hydrogens is 394 g/mol. The van der Waals surface area contributed by atoms with Gasteiger partial charge in [-0.3, -0.25) is 9.59 Å². The van der Waals surface area contributed by atoms with Crippen molar-refractivity contribution in [2.75, 3.05) is 31.6 Å². The number of amides is 2. The summed E-state index contributed by atoms with van der Waals surface area (Å²) in [5.74, 6) is 0.873. The van der Waals surface area contributed by atoms with Gasteiger partial charge < -0.3 is 24.1 Å². The van der Waals surface area contributed by atoms with Gasteiger partial charge in [-0.25, -0.2) is 4.98 Å². The first kappa shape index (κ1) is 18.0. The van der Waals surface area contributed by atoms with Crippen molar-refractivity contribution in [1.82, 2.24) is 9.88 Å². The molecule has 1 saturated heterocycles. The topological polar surface area (TPSA) is 93.9 Å². The van der Waals surface area contributed by atoms with Crippen LogP contribution in [-0.4, -0.2) is 48.0 Å². The number of nitrogens with zero attached hydrogens (tertiary/aromatic N) is 2. The smallest absolute Gasteiger partial charge is 0.257 e. The molecule has 1 fully saturated rings. The van der Waals surface area contributed by atoms with E-state index in [4.69, 9.17) is 13.9 Å². The molecule has 8 nitrogen and oxygen atoms in total. The maximum absolute atomic E-state index is 12.8. The van der Waals surface area contributed by atoms with Crippen LogP contribution in [0, 0.1) is 5.92 Å². The third kappa shape index (κ3) is 3.53. The van der Waals surface area contributed by atoms with Crippen molar-refractivity contribution in [3.63, 3.8) is 0 Å². The first-order valence-electron chi connectivity index (χ1n) is 9.50. The summed E-state index contributed by atoms with van der Waals surface area (Å²) >= 11 is 1.40. The van der Waals surface area contributed by atoms with Crippen LogP contribution in [-0.2, 0) is 4.79 Å². The molecule has 0 saturated carbocycles. The van der Waals surface area contributed by atoms with Gasteiger partial charge in [-0.15, -0.1) is 0 Å². The number of likely N-dealkylation sites (tertiary alicyclic amines) is 1. The zero-order valence-corrected chi connectivity index (χ0v) is 16.4. The molecule has 1 aromatic carbocycles. The Balaban J connectivity index is 1.29. The number of nitrogens with one attached hydrogen (secondary N) is 1. The highest BCUT2D eigenvalue weighted by Gasteiger charge is 2.30. The largest absolute Gasteiger partial charge is 0.486 e. The Hall–Kier alpha value is -3.07. The second kappa shape index (κ2) is 7.40. The molecule has 5 rings (SSSR count). The molecule has 9 heteroatoms. The van der Waals surface area contributed by atoms with Gasteiger partial charge in [-0.05, 0) is 18.9 Å². The predicted octanol–water partition coefficient (Wildman–Crippen LogP) is 3.15. The number of furan rings is 1. The van der Waals surface area contributed by atoms with Crippen LogP contribution in [0.5, 0.6) is 11.5 Å². The lowest BCUT2D eigenvalue weighted by Gasteiger charge is -2.31. The van der Waals surface area contributed by atoms with Crippen LogP contribution < -0.4 is 14.8 Å². The molecule has 0 aliphatic carbocycles. The average molecular weight is 413 g/mol. The minimum Gasteiger partial charge on any atom is -0.486 e. The molecule has 29 heavy (non-hydrogen) atoms. The zero-order chi connectivity index (χ0) is 19.8. The highest BCUT2D eigenvalue weighted by Crippen LogP contribution is 2.38. The number of ether oxygens (including phenoxy) is 2. The third-order valence-electron chi connectivity index (χ3n) is 5.13. The monoisotopic (exact) mass is 413 g/mol. The normalized spacial score (nSPS) is 18.6. The number of hydrogen-bond acceptors (Lipinski definition) is 7. The van der Waals surface area contributed by atoms with Crippen LogP contribution in [0.25, 0.3) is 10.2 Å². The predicted molar refractivity (Wildman–Crippen MR) is 107 cm³/mol. The summed E-state index contributed by atoms with van der Waals surface area (Å²) in [4.78, 5) is 31.6. The van der Waals surface area contributed by atoms with Gasteiger partial charge in [0.15, 0.2) is 16.6 Å². The Morgan fingerprint density at radius 1 is 1.21 bits per heavy atom. The highest BCUT2D eigenvalue weighted by atomic mass is 32.1. The number of carbonyl (C=O) groups is 2. The molecule has 1 atom stereocenters. The van der Waals surface area contributed by atoms with E-state index in [0.717, 1.165) is 23.1 Å². The van der Waals surface area contributed by atoms with E-state index in [9.17, 15) is 9.59 Å². The zero-order valence-electron chi connectivity index (χ0n) is 15.6. The summed E-state index contributed by atoms with van der Waals surface area (Å²) in [6, 6.07) is 5.37. The lowest BCUT2D eigenvalue weighted by Crippen LogP contribution is -2.43. The van der Waals surface area contributed by atoms with E-state index in [-0.39, 0.29) is 17.7 Å². The molecule has 2 aliphatic rings. The van der Waals surface area contributed by atoms with Gasteiger partial charge in [0, 0.05) is 25.2 Å². The molecule has 150 valence electrons. The number of anilines is 1. The first-order valence-corrected chi connectivity index (χ1v) is 10.3. The third-order valence-corrected chi connectivity index (χ3v) is 6.06. The molecular formula is C20H19N3O5S. The van der Waals surface area contributed by atoms with E-state index in [0.29, 0.717) is 48.5 Å². The van der Waals surface area contributed by atoms with Crippen LogP contribution in [0.2, 0.25) is 0 Å². The molecule has 2 aliphatic heterocycles. The van der Waals surface area contributed by atoms with E-state index in [1.807, 2.05) is 12.1 Å². The minimum atomic E-state index is -0.272. The molecule has 2 amide bonds. The number of piperidine rings is 1. The maximum atomic E-state index is 12.8. The molecule has 0 bridgehead atoms. The minimum absolute atomic E-state index is 0.109. The number of carbonyl (C=O) groups excluding carboxylic acids is 2. The van der Waals surface area contributed by atoms with Crippen LogP contribution in [0.3, 0.4) is 0 Å². The molecule has 3 aromatic rings. The number of thiazole rings is 1. The Kier molecular flexibility index (Phi) is 4.59. The fourth-order valence-electron chi connectivity index (χ4n) is 3.67. The SMILES string of the molecule is O=C(Nc1nc2cc3c(cc2s1)OCCO3)[C@H]1CCCN(C(=O)c2ccoc2)C1. The van der Waals surface area contributed by atoms with Crippen molar-refractivity contribution in [1.29, 1.82) is 0 Å². The van der Waals surface area contributed by atoms with E-state index in [1.165, 1.54) is 23.9 Å². The van der Waals surface area contributed by atoms with Gasteiger partial charge in [0.25, 0.3) is 5.91 Å². The fourth-order valence-corrected chi connectivity index (χ4v) is 4.55. The van der Waals surface area contributed by atoms with E-state index in [1.54, 1.807) is 11.0 Å². The van der Waals surface area contributed by atoms with Gasteiger partial charge in [0.1, 0.15) is 19.5 Å². The van der Waals surface area contributed by atoms with E-state index in [2.05, 4.69) is 10.3 Å². The summed E-state index contributed by atoms with van der Waals surface area (Å²) in [5, 5.41) is 3.45. The lowest BCUT2D eigenvalue weighted by molar-refractivity contribution is -0.121. The molecule has 4 heterocycles. The number of rotatable bonds is 3. The molecule has 0 unspecified atom stereocenters. The Morgan fingerprint density at radius 3 is 2.83 bits per heavy atom. The summed E-state index contributed by atoms with van der Waals surface area (Å²) < 4.78 is 17.1. The number of fused-ring (bicyclic) bond motifs is 2. The number of hydrogen-bond donors (Lipinski definition) is 1. The van der Waals surface area contributed by atoms with Crippen LogP contribution in [0.1, 0.15) is 23.2 Å². The Bertz CT molecular complexity index is 1020. The second-order valence-electron chi connectivity index (χ2n) is 7.07. The molecule has 0 radical (unpaired) electrons. The Morgan fingerprint density at radius 2 is 2.03 bits per heavy atom. The summed E-state index contributed by atoms with van der Waals surface area (Å²) in [7, 11) is 0. The first-order chi connectivity index (χ1) is 14.2. The summed E-state index contributed by atoms with van der Waals surface area (Å²) in [5.41, 5.74) is 1.26. The number of benzene rings is 1. The average Bonchev–Trinajstić information content (AvgIpc) is 3.41. The standard InChI is InChI=1S/C20H19N3O5S/c24-18(12-2-1-4-23(10-12)19(25)13-3-5-26-11-13)22-20-21-14-8-15-16(9-17(14)29-20)28-7-6-27-15/h3,5,8-9,11-12H,1-2,4,6-7,10H2,(H,21,22,24)/t12-/m0/s1. The molecule has 1 N–H and O–H groups in total.